The van der Waals surface area contributed by atoms with Crippen molar-refractivity contribution in [2.24, 2.45) is 0 Å². The van der Waals surface area contributed by atoms with E-state index in [9.17, 15) is 12.8 Å². The molecule has 1 N–H and O–H groups in total. The number of hydrogen-bond donors (Lipinski definition) is 1. The minimum absolute atomic E-state index is 0.0585. The number of pyridine rings is 1. The Morgan fingerprint density at radius 1 is 1.50 bits per heavy atom. The van der Waals surface area contributed by atoms with Gasteiger partial charge in [0.15, 0.2) is 21.5 Å². The summed E-state index contributed by atoms with van der Waals surface area (Å²) in [4.78, 5) is 3.84. The Kier molecular flexibility index (Phi) is 3.09. The molecule has 88 valence electrons. The Morgan fingerprint density at radius 3 is 3.00 bits per heavy atom. The number of sulfone groups is 1. The van der Waals surface area contributed by atoms with Crippen LogP contribution in [0.15, 0.2) is 18.3 Å². The van der Waals surface area contributed by atoms with Crippen molar-refractivity contribution in [3.05, 3.63) is 24.1 Å². The molecule has 0 bridgehead atoms. The summed E-state index contributed by atoms with van der Waals surface area (Å²) in [5.74, 6) is -0.0334. The number of halogens is 1. The Labute approximate surface area is 93.8 Å². The van der Waals surface area contributed by atoms with Gasteiger partial charge in [-0.15, -0.1) is 0 Å². The minimum atomic E-state index is -2.98. The van der Waals surface area contributed by atoms with Crippen LogP contribution in [0.25, 0.3) is 0 Å². The Morgan fingerprint density at radius 2 is 2.31 bits per heavy atom. The van der Waals surface area contributed by atoms with Gasteiger partial charge >= 0.3 is 0 Å². The smallest absolute Gasteiger partial charge is 0.165 e. The highest BCUT2D eigenvalue weighted by Crippen LogP contribution is 2.17. The molecule has 6 heteroatoms. The van der Waals surface area contributed by atoms with Gasteiger partial charge in [0.05, 0.1) is 11.5 Å². The quantitative estimate of drug-likeness (QED) is 0.849. The van der Waals surface area contributed by atoms with Gasteiger partial charge in [0.1, 0.15) is 0 Å². The topological polar surface area (TPSA) is 59.1 Å². The molecule has 0 aliphatic carbocycles. The van der Waals surface area contributed by atoms with Gasteiger partial charge in [0.25, 0.3) is 0 Å². The summed E-state index contributed by atoms with van der Waals surface area (Å²) in [5, 5.41) is 2.84. The van der Waals surface area contributed by atoms with E-state index in [1.165, 1.54) is 18.3 Å². The average Bonchev–Trinajstić information content (AvgIpc) is 2.20. The number of hydrogen-bond acceptors (Lipinski definition) is 4. The molecule has 1 unspecified atom stereocenters. The van der Waals surface area contributed by atoms with Gasteiger partial charge in [-0.25, -0.2) is 17.8 Å². The second kappa shape index (κ2) is 4.37. The van der Waals surface area contributed by atoms with Gasteiger partial charge in [-0.3, -0.25) is 0 Å². The predicted molar refractivity (Wildman–Crippen MR) is 59.5 cm³/mol. The predicted octanol–water partition coefficient (Wildman–Crippen LogP) is 1.21. The molecule has 1 atom stereocenters. The summed E-state index contributed by atoms with van der Waals surface area (Å²) in [5.41, 5.74) is 0. The first kappa shape index (κ1) is 11.3. The van der Waals surface area contributed by atoms with E-state index in [0.717, 1.165) is 6.42 Å². The number of aromatic nitrogens is 1. The van der Waals surface area contributed by atoms with Gasteiger partial charge < -0.3 is 5.32 Å². The molecular weight excluding hydrogens is 231 g/mol. The maximum Gasteiger partial charge on any atom is 0.165 e. The second-order valence-corrected chi connectivity index (χ2v) is 6.16. The molecule has 1 aliphatic heterocycles. The van der Waals surface area contributed by atoms with E-state index in [4.69, 9.17) is 0 Å². The lowest BCUT2D eigenvalue weighted by atomic mass is 10.2. The van der Waals surface area contributed by atoms with E-state index in [0.29, 0.717) is 6.42 Å². The molecule has 1 aromatic rings. The summed E-state index contributed by atoms with van der Waals surface area (Å²) in [6.45, 7) is 0. The van der Waals surface area contributed by atoms with E-state index in [1.54, 1.807) is 0 Å². The lowest BCUT2D eigenvalue weighted by Gasteiger charge is -2.23. The molecule has 1 saturated heterocycles. The van der Waals surface area contributed by atoms with Gasteiger partial charge in [0.2, 0.25) is 0 Å². The molecule has 2 heterocycles. The SMILES string of the molecule is O=S1(=O)CCCC(Nc2ncccc2F)C1. The molecule has 0 spiro atoms. The van der Waals surface area contributed by atoms with Crippen molar-refractivity contribution in [3.8, 4) is 0 Å². The zero-order valence-electron chi connectivity index (χ0n) is 8.69. The van der Waals surface area contributed by atoms with Crippen molar-refractivity contribution in [2.75, 3.05) is 16.8 Å². The number of rotatable bonds is 2. The number of nitrogens with zero attached hydrogens (tertiary/aromatic N) is 1. The first-order valence-electron chi connectivity index (χ1n) is 5.14. The van der Waals surface area contributed by atoms with Crippen LogP contribution in [0.2, 0.25) is 0 Å². The molecule has 2 rings (SSSR count). The van der Waals surface area contributed by atoms with E-state index in [2.05, 4.69) is 10.3 Å². The van der Waals surface area contributed by atoms with Gasteiger partial charge in [-0.2, -0.15) is 0 Å². The van der Waals surface area contributed by atoms with Crippen LogP contribution < -0.4 is 5.32 Å². The summed E-state index contributed by atoms with van der Waals surface area (Å²) >= 11 is 0. The lowest BCUT2D eigenvalue weighted by molar-refractivity contribution is 0.558. The van der Waals surface area contributed by atoms with Gasteiger partial charge in [-0.05, 0) is 25.0 Å². The van der Waals surface area contributed by atoms with E-state index >= 15 is 0 Å². The molecule has 0 amide bonds. The Balaban J connectivity index is 2.08. The maximum atomic E-state index is 13.3. The third kappa shape index (κ3) is 2.69. The first-order valence-corrected chi connectivity index (χ1v) is 6.96. The van der Waals surface area contributed by atoms with E-state index in [1.807, 2.05) is 0 Å². The normalized spacial score (nSPS) is 23.9. The van der Waals surface area contributed by atoms with Crippen molar-refractivity contribution >= 4 is 15.7 Å². The molecule has 0 saturated carbocycles. The molecule has 0 aromatic carbocycles. The van der Waals surface area contributed by atoms with Gasteiger partial charge in [0, 0.05) is 12.2 Å². The minimum Gasteiger partial charge on any atom is -0.364 e. The van der Waals surface area contributed by atoms with Crippen LogP contribution >= 0.6 is 0 Å². The molecule has 0 radical (unpaired) electrons. The third-order valence-electron chi connectivity index (χ3n) is 2.56. The van der Waals surface area contributed by atoms with Crippen LogP contribution in [0.4, 0.5) is 10.2 Å². The summed E-state index contributed by atoms with van der Waals surface area (Å²) in [7, 11) is -2.98. The average molecular weight is 244 g/mol. The molecule has 1 aliphatic rings. The maximum absolute atomic E-state index is 13.3. The standard InChI is InChI=1S/C10H13FN2O2S/c11-9-4-1-5-12-10(9)13-8-3-2-6-16(14,15)7-8/h1,4-5,8H,2-3,6-7H2,(H,12,13). The zero-order valence-corrected chi connectivity index (χ0v) is 9.50. The Hall–Kier alpha value is -1.17. The summed E-state index contributed by atoms with van der Waals surface area (Å²) in [6.07, 6.45) is 2.83. The monoisotopic (exact) mass is 244 g/mol. The van der Waals surface area contributed by atoms with Crippen LogP contribution in [-0.4, -0.2) is 30.9 Å². The van der Waals surface area contributed by atoms with Crippen LogP contribution in [0.1, 0.15) is 12.8 Å². The fourth-order valence-electron chi connectivity index (χ4n) is 1.82. The molecule has 4 nitrogen and oxygen atoms in total. The molecule has 1 aromatic heterocycles. The van der Waals surface area contributed by atoms with Crippen LogP contribution in [0.5, 0.6) is 0 Å². The fraction of sp³-hybridized carbons (Fsp3) is 0.500. The third-order valence-corrected chi connectivity index (χ3v) is 4.38. The summed E-state index contributed by atoms with van der Waals surface area (Å²) in [6, 6.07) is 2.56. The number of nitrogens with one attached hydrogen (secondary N) is 1. The molecule has 16 heavy (non-hydrogen) atoms. The largest absolute Gasteiger partial charge is 0.364 e. The van der Waals surface area contributed by atoms with Crippen molar-refractivity contribution in [1.29, 1.82) is 0 Å². The number of anilines is 1. The van der Waals surface area contributed by atoms with Crippen molar-refractivity contribution < 1.29 is 12.8 Å². The second-order valence-electron chi connectivity index (χ2n) is 3.93. The fourth-order valence-corrected chi connectivity index (χ4v) is 3.46. The zero-order chi connectivity index (χ0) is 11.6. The molecular formula is C10H13FN2O2S. The first-order chi connectivity index (χ1) is 7.57. The highest BCUT2D eigenvalue weighted by atomic mass is 32.2. The Bertz CT molecular complexity index is 475. The van der Waals surface area contributed by atoms with Crippen molar-refractivity contribution in [1.82, 2.24) is 4.98 Å². The van der Waals surface area contributed by atoms with Crippen LogP contribution in [0, 0.1) is 5.82 Å². The van der Waals surface area contributed by atoms with Gasteiger partial charge in [-0.1, -0.05) is 0 Å². The van der Waals surface area contributed by atoms with Crippen LogP contribution in [0.3, 0.4) is 0 Å². The highest BCUT2D eigenvalue weighted by Gasteiger charge is 2.25. The highest BCUT2D eigenvalue weighted by molar-refractivity contribution is 7.91. The van der Waals surface area contributed by atoms with Crippen LogP contribution in [-0.2, 0) is 9.84 Å². The summed E-state index contributed by atoms with van der Waals surface area (Å²) < 4.78 is 36.0. The molecule has 1 fully saturated rings. The van der Waals surface area contributed by atoms with Crippen molar-refractivity contribution in [2.45, 2.75) is 18.9 Å². The van der Waals surface area contributed by atoms with E-state index < -0.39 is 15.7 Å². The van der Waals surface area contributed by atoms with E-state index in [-0.39, 0.29) is 23.4 Å². The van der Waals surface area contributed by atoms with Crippen molar-refractivity contribution in [3.63, 3.8) is 0 Å². The lowest BCUT2D eigenvalue weighted by Crippen LogP contribution is -2.35.